The van der Waals surface area contributed by atoms with Gasteiger partial charge in [-0.3, -0.25) is 4.79 Å². The van der Waals surface area contributed by atoms with Crippen LogP contribution in [0.25, 0.3) is 0 Å². The molecule has 1 heterocycles. The monoisotopic (exact) mass is 252 g/mol. The van der Waals surface area contributed by atoms with Gasteiger partial charge in [0.05, 0.1) is 5.71 Å². The van der Waals surface area contributed by atoms with Gasteiger partial charge in [0, 0.05) is 26.4 Å². The summed E-state index contributed by atoms with van der Waals surface area (Å²) in [5, 5.41) is 0. The summed E-state index contributed by atoms with van der Waals surface area (Å²) in [6.45, 7) is 1.45. The van der Waals surface area contributed by atoms with Crippen LogP contribution < -0.4 is 0 Å². The van der Waals surface area contributed by atoms with E-state index < -0.39 is 0 Å². The second kappa shape index (κ2) is 5.96. The zero-order valence-electron chi connectivity index (χ0n) is 11.1. The van der Waals surface area contributed by atoms with Crippen LogP contribution in [0.2, 0.25) is 0 Å². The number of amides is 1. The van der Waals surface area contributed by atoms with Crippen molar-refractivity contribution in [3.63, 3.8) is 0 Å². The molecular formula is C16H16N2O. The minimum atomic E-state index is -0.180. The molecule has 0 unspecified atom stereocenters. The summed E-state index contributed by atoms with van der Waals surface area (Å²) >= 11 is 0. The van der Waals surface area contributed by atoms with Crippen molar-refractivity contribution in [1.82, 2.24) is 4.90 Å². The first kappa shape index (κ1) is 13.0. The van der Waals surface area contributed by atoms with Crippen molar-refractivity contribution in [2.45, 2.75) is 6.92 Å². The fourth-order valence-electron chi connectivity index (χ4n) is 1.66. The number of carbonyl (C=O) groups is 1. The molecule has 0 saturated heterocycles. The lowest BCUT2D eigenvalue weighted by Gasteiger charge is -2.11. The molecule has 0 radical (unpaired) electrons. The van der Waals surface area contributed by atoms with E-state index in [4.69, 9.17) is 0 Å². The Morgan fingerprint density at radius 2 is 1.53 bits per heavy atom. The molecule has 1 aliphatic heterocycles. The molecule has 0 aromatic heterocycles. The van der Waals surface area contributed by atoms with Crippen LogP contribution in [-0.2, 0) is 4.79 Å². The highest BCUT2D eigenvalue weighted by atomic mass is 16.1. The quantitative estimate of drug-likeness (QED) is 0.718. The van der Waals surface area contributed by atoms with E-state index in [2.05, 4.69) is 23.2 Å². The largest absolute Gasteiger partial charge is 0.357 e. The van der Waals surface area contributed by atoms with Crippen LogP contribution >= 0.6 is 0 Å². The molecule has 0 saturated carbocycles. The fourth-order valence-corrected chi connectivity index (χ4v) is 1.66. The normalized spacial score (nSPS) is 16.9. The first-order chi connectivity index (χ1) is 9.13. The van der Waals surface area contributed by atoms with E-state index in [1.54, 1.807) is 0 Å². The van der Waals surface area contributed by atoms with Gasteiger partial charge in [0.15, 0.2) is 0 Å². The van der Waals surface area contributed by atoms with Crippen molar-refractivity contribution in [2.24, 2.45) is 4.99 Å². The van der Waals surface area contributed by atoms with E-state index in [1.807, 2.05) is 54.7 Å². The molecule has 0 fully saturated rings. The number of carbonyl (C=O) groups excluding carboxylic acids is 1. The lowest BCUT2D eigenvalue weighted by atomic mass is 10.1. The fraction of sp³-hybridized carbons (Fsp3) is 0.125. The first-order valence-electron chi connectivity index (χ1n) is 6.09. The Bertz CT molecular complexity index is 550. The molecule has 0 aromatic carbocycles. The summed E-state index contributed by atoms with van der Waals surface area (Å²) in [5.74, 6) is -0.180. The maximum absolute atomic E-state index is 10.9. The molecule has 2 aliphatic rings. The molecule has 1 amide bonds. The molecule has 0 aromatic rings. The highest BCUT2D eigenvalue weighted by Crippen LogP contribution is 2.11. The van der Waals surface area contributed by atoms with Gasteiger partial charge in [-0.15, -0.1) is 0 Å². The van der Waals surface area contributed by atoms with Crippen molar-refractivity contribution in [3.05, 3.63) is 72.2 Å². The van der Waals surface area contributed by atoms with Gasteiger partial charge in [-0.1, -0.05) is 24.3 Å². The topological polar surface area (TPSA) is 32.7 Å². The van der Waals surface area contributed by atoms with Crippen molar-refractivity contribution in [2.75, 3.05) is 7.05 Å². The van der Waals surface area contributed by atoms with Crippen LogP contribution in [0.3, 0.4) is 0 Å². The Balaban J connectivity index is 2.06. The Morgan fingerprint density at radius 1 is 1.00 bits per heavy atom. The summed E-state index contributed by atoms with van der Waals surface area (Å²) < 4.78 is 0. The molecule has 19 heavy (non-hydrogen) atoms. The average molecular weight is 252 g/mol. The lowest BCUT2D eigenvalue weighted by molar-refractivity contribution is -0.115. The summed E-state index contributed by atoms with van der Waals surface area (Å²) in [7, 11) is 1.99. The standard InChI is InChI=1S/C16H16N2O/c1-13(19)17-16-7-5-14(6-8-16)3-4-15-9-11-18(2)12-10-15/h3-12H,1-2H3. The molecule has 3 heteroatoms. The minimum Gasteiger partial charge on any atom is -0.357 e. The highest BCUT2D eigenvalue weighted by molar-refractivity contribution is 6.10. The molecule has 0 N–H and O–H groups in total. The van der Waals surface area contributed by atoms with E-state index in [0.29, 0.717) is 5.71 Å². The van der Waals surface area contributed by atoms with Gasteiger partial charge < -0.3 is 4.90 Å². The minimum absolute atomic E-state index is 0.180. The third-order valence-corrected chi connectivity index (χ3v) is 2.65. The van der Waals surface area contributed by atoms with Crippen molar-refractivity contribution in [3.8, 4) is 0 Å². The first-order valence-corrected chi connectivity index (χ1v) is 6.09. The molecule has 0 atom stereocenters. The molecule has 0 bridgehead atoms. The summed E-state index contributed by atoms with van der Waals surface area (Å²) in [4.78, 5) is 16.7. The molecule has 0 spiro atoms. The summed E-state index contributed by atoms with van der Waals surface area (Å²) in [6, 6.07) is 0. The maximum atomic E-state index is 10.9. The van der Waals surface area contributed by atoms with E-state index in [1.165, 1.54) is 6.92 Å². The van der Waals surface area contributed by atoms with Crippen LogP contribution in [0.15, 0.2) is 77.1 Å². The van der Waals surface area contributed by atoms with E-state index >= 15 is 0 Å². The molecular weight excluding hydrogens is 236 g/mol. The van der Waals surface area contributed by atoms with Crippen molar-refractivity contribution in [1.29, 1.82) is 0 Å². The number of aliphatic imine (C=N–C) groups is 1. The van der Waals surface area contributed by atoms with Gasteiger partial charge in [-0.25, -0.2) is 4.99 Å². The molecule has 96 valence electrons. The second-order valence-corrected chi connectivity index (χ2v) is 4.35. The second-order valence-electron chi connectivity index (χ2n) is 4.35. The number of hydrogen-bond donors (Lipinski definition) is 0. The Labute approximate surface area is 113 Å². The van der Waals surface area contributed by atoms with E-state index in [-0.39, 0.29) is 5.91 Å². The Morgan fingerprint density at radius 3 is 2.05 bits per heavy atom. The van der Waals surface area contributed by atoms with Gasteiger partial charge in [-0.05, 0) is 35.5 Å². The predicted octanol–water partition coefficient (Wildman–Crippen LogP) is 2.93. The third kappa shape index (κ3) is 4.07. The van der Waals surface area contributed by atoms with Crippen molar-refractivity contribution >= 4 is 11.6 Å². The number of rotatable bonds is 1. The van der Waals surface area contributed by atoms with E-state index in [9.17, 15) is 4.79 Å². The van der Waals surface area contributed by atoms with Gasteiger partial charge in [-0.2, -0.15) is 0 Å². The van der Waals surface area contributed by atoms with Gasteiger partial charge >= 0.3 is 0 Å². The summed E-state index contributed by atoms with van der Waals surface area (Å²) in [6.07, 6.45) is 19.8. The maximum Gasteiger partial charge on any atom is 0.243 e. The van der Waals surface area contributed by atoms with Gasteiger partial charge in [0.2, 0.25) is 5.91 Å². The van der Waals surface area contributed by atoms with E-state index in [0.717, 1.165) is 11.1 Å². The Hall–Kier alpha value is -2.42. The van der Waals surface area contributed by atoms with Gasteiger partial charge in [0.25, 0.3) is 0 Å². The molecule has 2 rings (SSSR count). The van der Waals surface area contributed by atoms with Crippen LogP contribution in [0.5, 0.6) is 0 Å². The summed E-state index contributed by atoms with van der Waals surface area (Å²) in [5.41, 5.74) is 2.92. The average Bonchev–Trinajstić information content (AvgIpc) is 2.39. The molecule has 3 nitrogen and oxygen atoms in total. The predicted molar refractivity (Wildman–Crippen MR) is 78.6 cm³/mol. The third-order valence-electron chi connectivity index (χ3n) is 2.65. The van der Waals surface area contributed by atoms with Gasteiger partial charge in [0.1, 0.15) is 0 Å². The molecule has 1 aliphatic carbocycles. The van der Waals surface area contributed by atoms with Crippen LogP contribution in [0.4, 0.5) is 0 Å². The van der Waals surface area contributed by atoms with Crippen LogP contribution in [0, 0.1) is 0 Å². The number of nitrogens with zero attached hydrogens (tertiary/aromatic N) is 2. The smallest absolute Gasteiger partial charge is 0.243 e. The van der Waals surface area contributed by atoms with Crippen molar-refractivity contribution < 1.29 is 4.79 Å². The SMILES string of the molecule is CC(=O)N=C1C=CC(=CC=C2C=CN(C)C=C2)C=C1. The zero-order chi connectivity index (χ0) is 13.7. The highest BCUT2D eigenvalue weighted by Gasteiger charge is 1.99. The van der Waals surface area contributed by atoms with Crippen LogP contribution in [0.1, 0.15) is 6.92 Å². The number of hydrogen-bond acceptors (Lipinski definition) is 2. The lowest BCUT2D eigenvalue weighted by Crippen LogP contribution is -2.02. The zero-order valence-corrected chi connectivity index (χ0v) is 11.1. The number of allylic oxidation sites excluding steroid dienone is 10. The van der Waals surface area contributed by atoms with Crippen LogP contribution in [-0.4, -0.2) is 23.6 Å². The Kier molecular flexibility index (Phi) is 4.08.